The van der Waals surface area contributed by atoms with E-state index in [1.807, 2.05) is 0 Å². The molecule has 25 heavy (non-hydrogen) atoms. The molecule has 134 valence electrons. The van der Waals surface area contributed by atoms with Crippen LogP contribution in [0.4, 0.5) is 4.39 Å². The van der Waals surface area contributed by atoms with Crippen molar-refractivity contribution in [3.63, 3.8) is 0 Å². The van der Waals surface area contributed by atoms with E-state index in [4.69, 9.17) is 14.3 Å². The number of nitrogens with one attached hydrogen (secondary N) is 1. The molecule has 0 saturated carbocycles. The molecule has 2 aromatic rings. The summed E-state index contributed by atoms with van der Waals surface area (Å²) in [7, 11) is 0. The predicted octanol–water partition coefficient (Wildman–Crippen LogP) is 3.37. The number of carboxylic acids is 1. The van der Waals surface area contributed by atoms with Crippen LogP contribution in [-0.4, -0.2) is 23.5 Å². The number of carbonyl (C=O) groups excluding carboxylic acids is 1. The Kier molecular flexibility index (Phi) is 7.00. The average molecular weight is 349 g/mol. The molecule has 6 nitrogen and oxygen atoms in total. The van der Waals surface area contributed by atoms with E-state index in [1.165, 1.54) is 24.3 Å². The van der Waals surface area contributed by atoms with Crippen molar-refractivity contribution < 1.29 is 28.2 Å². The van der Waals surface area contributed by atoms with Gasteiger partial charge in [-0.2, -0.15) is 0 Å². The van der Waals surface area contributed by atoms with Gasteiger partial charge in [0.05, 0.1) is 0 Å². The van der Waals surface area contributed by atoms with E-state index in [9.17, 15) is 14.0 Å². The Morgan fingerprint density at radius 1 is 1.08 bits per heavy atom. The lowest BCUT2D eigenvalue weighted by Gasteiger charge is -2.04. The summed E-state index contributed by atoms with van der Waals surface area (Å²) in [5.74, 6) is -0.308. The van der Waals surface area contributed by atoms with Crippen molar-refractivity contribution in [1.82, 2.24) is 5.32 Å². The fourth-order valence-corrected chi connectivity index (χ4v) is 2.13. The van der Waals surface area contributed by atoms with Gasteiger partial charge in [-0.3, -0.25) is 9.59 Å². The zero-order chi connectivity index (χ0) is 18.1. The van der Waals surface area contributed by atoms with Crippen LogP contribution in [-0.2, 0) is 11.4 Å². The largest absolute Gasteiger partial charge is 0.486 e. The Balaban J connectivity index is 1.69. The summed E-state index contributed by atoms with van der Waals surface area (Å²) in [5, 5.41) is 11.2. The highest BCUT2D eigenvalue weighted by atomic mass is 19.1. The Hall–Kier alpha value is -2.83. The second kappa shape index (κ2) is 9.46. The maximum atomic E-state index is 12.8. The summed E-state index contributed by atoms with van der Waals surface area (Å²) < 4.78 is 23.7. The lowest BCUT2D eigenvalue weighted by molar-refractivity contribution is -0.137. The molecule has 1 aromatic heterocycles. The topological polar surface area (TPSA) is 88.8 Å². The summed E-state index contributed by atoms with van der Waals surface area (Å²) in [6.45, 7) is 0.592. The van der Waals surface area contributed by atoms with Gasteiger partial charge in [0, 0.05) is 13.0 Å². The number of benzene rings is 1. The number of furan rings is 1. The first kappa shape index (κ1) is 18.5. The highest BCUT2D eigenvalue weighted by molar-refractivity contribution is 5.91. The molecule has 0 radical (unpaired) electrons. The van der Waals surface area contributed by atoms with Crippen LogP contribution in [0.2, 0.25) is 0 Å². The van der Waals surface area contributed by atoms with Gasteiger partial charge in [-0.15, -0.1) is 0 Å². The third kappa shape index (κ3) is 6.66. The molecular weight excluding hydrogens is 329 g/mol. The summed E-state index contributed by atoms with van der Waals surface area (Å²) in [6, 6.07) is 8.82. The number of carbonyl (C=O) groups is 2. The van der Waals surface area contributed by atoms with E-state index in [0.29, 0.717) is 30.9 Å². The number of hydrogen-bond donors (Lipinski definition) is 2. The van der Waals surface area contributed by atoms with E-state index in [1.54, 1.807) is 12.1 Å². The quantitative estimate of drug-likeness (QED) is 0.642. The van der Waals surface area contributed by atoms with Crippen LogP contribution >= 0.6 is 0 Å². The number of carboxylic acid groups (broad SMARTS) is 1. The minimum absolute atomic E-state index is 0.133. The number of halogens is 1. The highest BCUT2D eigenvalue weighted by Crippen LogP contribution is 2.15. The zero-order valence-corrected chi connectivity index (χ0v) is 13.7. The molecule has 0 aliphatic carbocycles. The lowest BCUT2D eigenvalue weighted by Crippen LogP contribution is -2.23. The molecule has 1 heterocycles. The Morgan fingerprint density at radius 2 is 1.84 bits per heavy atom. The van der Waals surface area contributed by atoms with Crippen LogP contribution in [0.3, 0.4) is 0 Å². The second-order valence-corrected chi connectivity index (χ2v) is 5.47. The van der Waals surface area contributed by atoms with Crippen molar-refractivity contribution in [3.05, 3.63) is 53.7 Å². The van der Waals surface area contributed by atoms with E-state index in [2.05, 4.69) is 5.32 Å². The normalized spacial score (nSPS) is 10.4. The number of ether oxygens (including phenoxy) is 1. The molecule has 0 bridgehead atoms. The van der Waals surface area contributed by atoms with Crippen molar-refractivity contribution in [2.45, 2.75) is 32.3 Å². The van der Waals surface area contributed by atoms with Crippen LogP contribution in [0.1, 0.15) is 42.0 Å². The maximum Gasteiger partial charge on any atom is 0.303 e. The fraction of sp³-hybridized carbons (Fsp3) is 0.333. The van der Waals surface area contributed by atoms with E-state index >= 15 is 0 Å². The van der Waals surface area contributed by atoms with Gasteiger partial charge in [-0.05, 0) is 49.2 Å². The van der Waals surface area contributed by atoms with Gasteiger partial charge >= 0.3 is 5.97 Å². The van der Waals surface area contributed by atoms with Gasteiger partial charge in [-0.1, -0.05) is 6.42 Å². The number of unbranched alkanes of at least 4 members (excludes halogenated alkanes) is 2. The van der Waals surface area contributed by atoms with Gasteiger partial charge in [0.2, 0.25) is 0 Å². The first-order chi connectivity index (χ1) is 12.0. The maximum absolute atomic E-state index is 12.8. The number of aliphatic carboxylic acids is 1. The molecule has 7 heteroatoms. The monoisotopic (exact) mass is 349 g/mol. The number of hydrogen-bond acceptors (Lipinski definition) is 4. The van der Waals surface area contributed by atoms with E-state index in [0.717, 1.165) is 6.42 Å². The van der Waals surface area contributed by atoms with Gasteiger partial charge in [0.15, 0.2) is 5.76 Å². The van der Waals surface area contributed by atoms with Gasteiger partial charge in [0.1, 0.15) is 23.9 Å². The fourth-order valence-electron chi connectivity index (χ4n) is 2.13. The third-order valence-electron chi connectivity index (χ3n) is 3.43. The lowest BCUT2D eigenvalue weighted by atomic mass is 10.2. The molecule has 0 aliphatic rings. The average Bonchev–Trinajstić information content (AvgIpc) is 3.06. The Labute approximate surface area is 144 Å². The molecule has 0 atom stereocenters. The number of amides is 1. The van der Waals surface area contributed by atoms with Gasteiger partial charge in [-0.25, -0.2) is 4.39 Å². The molecule has 2 N–H and O–H groups in total. The third-order valence-corrected chi connectivity index (χ3v) is 3.43. The summed E-state index contributed by atoms with van der Waals surface area (Å²) in [5.41, 5.74) is 0. The van der Waals surface area contributed by atoms with Crippen molar-refractivity contribution >= 4 is 11.9 Å². The summed E-state index contributed by atoms with van der Waals surface area (Å²) >= 11 is 0. The standard InChI is InChI=1S/C18H20FNO5/c19-13-5-7-14(8-6-13)24-12-15-9-10-16(25-15)18(23)20-11-3-1-2-4-17(21)22/h5-10H,1-4,11-12H2,(H,20,23)(H,21,22). The first-order valence-corrected chi connectivity index (χ1v) is 8.01. The minimum atomic E-state index is -0.810. The summed E-state index contributed by atoms with van der Waals surface area (Å²) in [6.07, 6.45) is 2.18. The highest BCUT2D eigenvalue weighted by Gasteiger charge is 2.11. The van der Waals surface area contributed by atoms with Crippen LogP contribution in [0, 0.1) is 5.82 Å². The Morgan fingerprint density at radius 3 is 2.56 bits per heavy atom. The van der Waals surface area contributed by atoms with Crippen LogP contribution in [0.15, 0.2) is 40.8 Å². The van der Waals surface area contributed by atoms with Crippen LogP contribution in [0.25, 0.3) is 0 Å². The van der Waals surface area contributed by atoms with Crippen LogP contribution in [0.5, 0.6) is 5.75 Å². The molecule has 2 rings (SSSR count). The van der Waals surface area contributed by atoms with Crippen LogP contribution < -0.4 is 10.1 Å². The van der Waals surface area contributed by atoms with E-state index in [-0.39, 0.29) is 30.5 Å². The van der Waals surface area contributed by atoms with E-state index < -0.39 is 5.97 Å². The minimum Gasteiger partial charge on any atom is -0.486 e. The molecule has 0 unspecified atom stereocenters. The van der Waals surface area contributed by atoms with Crippen molar-refractivity contribution in [3.8, 4) is 5.75 Å². The smallest absolute Gasteiger partial charge is 0.303 e. The summed E-state index contributed by atoms with van der Waals surface area (Å²) in [4.78, 5) is 22.3. The molecule has 0 aliphatic heterocycles. The van der Waals surface area contributed by atoms with Crippen molar-refractivity contribution in [2.75, 3.05) is 6.54 Å². The molecule has 0 saturated heterocycles. The first-order valence-electron chi connectivity index (χ1n) is 8.01. The Bertz CT molecular complexity index is 696. The molecular formula is C18H20FNO5. The van der Waals surface area contributed by atoms with Gasteiger partial charge in [0.25, 0.3) is 5.91 Å². The molecule has 1 amide bonds. The zero-order valence-electron chi connectivity index (χ0n) is 13.7. The molecule has 1 aromatic carbocycles. The predicted molar refractivity (Wildman–Crippen MR) is 87.9 cm³/mol. The van der Waals surface area contributed by atoms with Crippen molar-refractivity contribution in [2.24, 2.45) is 0 Å². The van der Waals surface area contributed by atoms with Gasteiger partial charge < -0.3 is 19.6 Å². The number of rotatable bonds is 10. The second-order valence-electron chi connectivity index (χ2n) is 5.47. The molecule has 0 spiro atoms. The SMILES string of the molecule is O=C(O)CCCCCNC(=O)c1ccc(COc2ccc(F)cc2)o1. The van der Waals surface area contributed by atoms with Crippen molar-refractivity contribution in [1.29, 1.82) is 0 Å². The molecule has 0 fully saturated rings.